The predicted molar refractivity (Wildman–Crippen MR) is 93.4 cm³/mol. The van der Waals surface area contributed by atoms with Crippen LogP contribution in [0.4, 0.5) is 5.69 Å². The maximum atomic E-state index is 12.1. The van der Waals surface area contributed by atoms with E-state index in [4.69, 9.17) is 0 Å². The van der Waals surface area contributed by atoms with Gasteiger partial charge in [-0.3, -0.25) is 9.52 Å². The summed E-state index contributed by atoms with van der Waals surface area (Å²) >= 11 is 1.15. The number of nitrogens with one attached hydrogen (secondary N) is 2. The highest BCUT2D eigenvalue weighted by atomic mass is 32.2. The van der Waals surface area contributed by atoms with Gasteiger partial charge in [0.2, 0.25) is 0 Å². The van der Waals surface area contributed by atoms with Crippen LogP contribution in [0, 0.1) is 0 Å². The zero-order valence-electron chi connectivity index (χ0n) is 13.1. The van der Waals surface area contributed by atoms with Gasteiger partial charge in [-0.25, -0.2) is 8.42 Å². The molecule has 2 N–H and O–H groups in total. The summed E-state index contributed by atoms with van der Waals surface area (Å²) in [6.07, 6.45) is 1.93. The third-order valence-electron chi connectivity index (χ3n) is 3.26. The van der Waals surface area contributed by atoms with Crippen LogP contribution in [-0.2, 0) is 10.0 Å². The normalized spacial score (nSPS) is 12.6. The molecular weight excluding hydrogens is 332 g/mol. The van der Waals surface area contributed by atoms with Gasteiger partial charge < -0.3 is 5.32 Å². The van der Waals surface area contributed by atoms with E-state index in [0.717, 1.165) is 24.2 Å². The number of anilines is 1. The molecule has 0 radical (unpaired) electrons. The molecule has 5 nitrogen and oxygen atoms in total. The monoisotopic (exact) mass is 352 g/mol. The molecule has 7 heteroatoms. The second-order valence-electron chi connectivity index (χ2n) is 5.28. The van der Waals surface area contributed by atoms with Crippen molar-refractivity contribution in [3.63, 3.8) is 0 Å². The van der Waals surface area contributed by atoms with Gasteiger partial charge in [-0.05, 0) is 49.1 Å². The van der Waals surface area contributed by atoms with E-state index in [9.17, 15) is 13.2 Å². The van der Waals surface area contributed by atoms with Crippen LogP contribution >= 0.6 is 11.3 Å². The molecule has 1 amide bonds. The molecule has 124 valence electrons. The molecule has 1 aromatic carbocycles. The summed E-state index contributed by atoms with van der Waals surface area (Å²) in [5, 5.41) is 4.62. The average molecular weight is 352 g/mol. The quantitative estimate of drug-likeness (QED) is 0.801. The van der Waals surface area contributed by atoms with Crippen molar-refractivity contribution in [1.82, 2.24) is 5.32 Å². The highest BCUT2D eigenvalue weighted by Gasteiger charge is 2.15. The number of benzene rings is 1. The maximum absolute atomic E-state index is 12.1. The summed E-state index contributed by atoms with van der Waals surface area (Å²) in [6.45, 7) is 4.03. The fraction of sp³-hybridized carbons (Fsp3) is 0.312. The zero-order chi connectivity index (χ0) is 16.9. The number of hydrogen-bond donors (Lipinski definition) is 2. The Morgan fingerprint density at radius 2 is 1.91 bits per heavy atom. The van der Waals surface area contributed by atoms with Crippen LogP contribution in [0.25, 0.3) is 0 Å². The first-order valence-electron chi connectivity index (χ1n) is 7.39. The van der Waals surface area contributed by atoms with E-state index in [1.807, 2.05) is 6.92 Å². The van der Waals surface area contributed by atoms with Gasteiger partial charge in [0.05, 0.1) is 0 Å². The summed E-state index contributed by atoms with van der Waals surface area (Å²) < 4.78 is 27.0. The number of sulfonamides is 1. The van der Waals surface area contributed by atoms with Crippen LogP contribution in [0.15, 0.2) is 46.0 Å². The summed E-state index contributed by atoms with van der Waals surface area (Å²) in [4.78, 5) is 12.1. The zero-order valence-corrected chi connectivity index (χ0v) is 14.7. The topological polar surface area (TPSA) is 75.3 Å². The Morgan fingerprint density at radius 1 is 1.22 bits per heavy atom. The summed E-state index contributed by atoms with van der Waals surface area (Å²) in [6, 6.07) is 9.74. The number of thiophene rings is 1. The lowest BCUT2D eigenvalue weighted by atomic mass is 10.1. The molecule has 0 spiro atoms. The summed E-state index contributed by atoms with van der Waals surface area (Å²) in [5.74, 6) is -0.154. The van der Waals surface area contributed by atoms with E-state index < -0.39 is 10.0 Å². The maximum Gasteiger partial charge on any atom is 0.271 e. The number of rotatable bonds is 7. The van der Waals surface area contributed by atoms with Crippen molar-refractivity contribution >= 4 is 33.0 Å². The van der Waals surface area contributed by atoms with E-state index in [0.29, 0.717) is 11.3 Å². The third kappa shape index (κ3) is 4.80. The van der Waals surface area contributed by atoms with Crippen LogP contribution < -0.4 is 10.0 Å². The van der Waals surface area contributed by atoms with Gasteiger partial charge in [0, 0.05) is 17.3 Å². The molecule has 0 aliphatic carbocycles. The highest BCUT2D eigenvalue weighted by molar-refractivity contribution is 7.94. The van der Waals surface area contributed by atoms with E-state index in [-0.39, 0.29) is 16.2 Å². The van der Waals surface area contributed by atoms with Gasteiger partial charge in [0.15, 0.2) is 0 Å². The van der Waals surface area contributed by atoms with E-state index in [1.165, 1.54) is 0 Å². The van der Waals surface area contributed by atoms with Gasteiger partial charge in [-0.2, -0.15) is 0 Å². The molecule has 0 aliphatic rings. The lowest BCUT2D eigenvalue weighted by molar-refractivity contribution is 0.0938. The molecule has 1 atom stereocenters. The van der Waals surface area contributed by atoms with Crippen molar-refractivity contribution in [3.8, 4) is 0 Å². The van der Waals surface area contributed by atoms with Gasteiger partial charge in [-0.15, -0.1) is 11.3 Å². The second-order valence-corrected chi connectivity index (χ2v) is 8.14. The summed E-state index contributed by atoms with van der Waals surface area (Å²) in [7, 11) is -3.56. The Labute approximate surface area is 140 Å². The minimum absolute atomic E-state index is 0.115. The Kier molecular flexibility index (Phi) is 5.79. The average Bonchev–Trinajstić information content (AvgIpc) is 3.03. The van der Waals surface area contributed by atoms with E-state index >= 15 is 0 Å². The first-order valence-corrected chi connectivity index (χ1v) is 9.76. The molecular formula is C16H20N2O3S2. The molecule has 0 fully saturated rings. The molecule has 1 aromatic heterocycles. The van der Waals surface area contributed by atoms with E-state index in [1.54, 1.807) is 41.8 Å². The number of amides is 1. The standard InChI is InChI=1S/C16H20N2O3S2/c1-3-5-12(2)17-16(19)13-7-9-14(10-8-13)18-23(20,21)15-6-4-11-22-15/h4,6-12,18H,3,5H2,1-2H3,(H,17,19)/t12-/m1/s1. The van der Waals surface area contributed by atoms with Crippen molar-refractivity contribution in [2.75, 3.05) is 4.72 Å². The van der Waals surface area contributed by atoms with Crippen molar-refractivity contribution < 1.29 is 13.2 Å². The van der Waals surface area contributed by atoms with E-state index in [2.05, 4.69) is 17.0 Å². The Balaban J connectivity index is 2.04. The van der Waals surface area contributed by atoms with Crippen LogP contribution in [0.5, 0.6) is 0 Å². The third-order valence-corrected chi connectivity index (χ3v) is 6.04. The molecule has 0 saturated carbocycles. The second kappa shape index (κ2) is 7.61. The smallest absolute Gasteiger partial charge is 0.271 e. The summed E-state index contributed by atoms with van der Waals surface area (Å²) in [5.41, 5.74) is 0.934. The fourth-order valence-corrected chi connectivity index (χ4v) is 4.18. The van der Waals surface area contributed by atoms with Crippen LogP contribution in [-0.4, -0.2) is 20.4 Å². The van der Waals surface area contributed by atoms with Crippen molar-refractivity contribution in [2.45, 2.75) is 36.9 Å². The van der Waals surface area contributed by atoms with Crippen LogP contribution in [0.2, 0.25) is 0 Å². The van der Waals surface area contributed by atoms with Crippen LogP contribution in [0.1, 0.15) is 37.0 Å². The number of hydrogen-bond acceptors (Lipinski definition) is 4. The molecule has 0 saturated heterocycles. The van der Waals surface area contributed by atoms with Gasteiger partial charge >= 0.3 is 0 Å². The van der Waals surface area contributed by atoms with Crippen molar-refractivity contribution in [1.29, 1.82) is 0 Å². The Morgan fingerprint density at radius 3 is 2.48 bits per heavy atom. The first kappa shape index (κ1) is 17.5. The number of carbonyl (C=O) groups is 1. The lowest BCUT2D eigenvalue weighted by Crippen LogP contribution is -2.32. The highest BCUT2D eigenvalue weighted by Crippen LogP contribution is 2.20. The SMILES string of the molecule is CCC[C@@H](C)NC(=O)c1ccc(NS(=O)(=O)c2cccs2)cc1. The lowest BCUT2D eigenvalue weighted by Gasteiger charge is -2.13. The Bertz CT molecular complexity index is 738. The molecule has 0 bridgehead atoms. The fourth-order valence-electron chi connectivity index (χ4n) is 2.12. The largest absolute Gasteiger partial charge is 0.350 e. The predicted octanol–water partition coefficient (Wildman–Crippen LogP) is 3.47. The van der Waals surface area contributed by atoms with Gasteiger partial charge in [0.1, 0.15) is 4.21 Å². The van der Waals surface area contributed by atoms with Crippen molar-refractivity contribution in [2.24, 2.45) is 0 Å². The molecule has 2 aromatic rings. The van der Waals surface area contributed by atoms with Crippen molar-refractivity contribution in [3.05, 3.63) is 47.3 Å². The first-order chi connectivity index (χ1) is 10.9. The minimum atomic E-state index is -3.56. The van der Waals surface area contributed by atoms with Crippen LogP contribution in [0.3, 0.4) is 0 Å². The molecule has 0 aliphatic heterocycles. The van der Waals surface area contributed by atoms with Gasteiger partial charge in [-0.1, -0.05) is 19.4 Å². The Hall–Kier alpha value is -1.86. The molecule has 2 rings (SSSR count). The molecule has 23 heavy (non-hydrogen) atoms. The number of carbonyl (C=O) groups excluding carboxylic acids is 1. The molecule has 1 heterocycles. The molecule has 0 unspecified atom stereocenters. The van der Waals surface area contributed by atoms with Gasteiger partial charge in [0.25, 0.3) is 15.9 Å². The minimum Gasteiger partial charge on any atom is -0.350 e.